The zero-order valence-electron chi connectivity index (χ0n) is 9.40. The Morgan fingerprint density at radius 2 is 2.00 bits per heavy atom. The third-order valence-corrected chi connectivity index (χ3v) is 2.33. The molecular weight excluding hydrogens is 217 g/mol. The number of halogens is 3. The maximum absolute atomic E-state index is 13.2. The maximum Gasteiger partial charge on any atom is 0.251 e. The van der Waals surface area contributed by atoms with Crippen LogP contribution in [0.25, 0.3) is 0 Å². The van der Waals surface area contributed by atoms with Crippen molar-refractivity contribution in [3.05, 3.63) is 29.6 Å². The topological polar surface area (TPSA) is 9.23 Å². The molecular formula is C12H15F3O. The number of ether oxygens (including phenoxy) is 1. The van der Waals surface area contributed by atoms with Crippen molar-refractivity contribution in [1.82, 2.24) is 0 Å². The number of hydrogen-bond donors (Lipinski definition) is 0. The lowest BCUT2D eigenvalue weighted by molar-refractivity contribution is -0.0221. The molecule has 1 aromatic rings. The summed E-state index contributed by atoms with van der Waals surface area (Å²) in [7, 11) is 0. The lowest BCUT2D eigenvalue weighted by atomic mass is 10.2. The summed E-state index contributed by atoms with van der Waals surface area (Å²) in [5.74, 6) is -3.22. The van der Waals surface area contributed by atoms with E-state index in [0.29, 0.717) is 0 Å². The number of hydrogen-bond acceptors (Lipinski definition) is 1. The van der Waals surface area contributed by atoms with E-state index in [2.05, 4.69) is 0 Å². The molecule has 0 heterocycles. The normalized spacial score (nSPS) is 11.6. The van der Waals surface area contributed by atoms with Gasteiger partial charge in [0, 0.05) is 12.8 Å². The summed E-state index contributed by atoms with van der Waals surface area (Å²) in [5, 5.41) is 0. The molecule has 0 atom stereocenters. The molecule has 0 aliphatic rings. The predicted octanol–water partition coefficient (Wildman–Crippen LogP) is 3.95. The molecule has 0 radical (unpaired) electrons. The molecule has 0 unspecified atom stereocenters. The van der Waals surface area contributed by atoms with Gasteiger partial charge < -0.3 is 4.74 Å². The summed E-state index contributed by atoms with van der Waals surface area (Å²) >= 11 is 0. The zero-order valence-corrected chi connectivity index (χ0v) is 9.40. The summed E-state index contributed by atoms with van der Waals surface area (Å²) in [5.41, 5.74) is 0.832. The summed E-state index contributed by atoms with van der Waals surface area (Å²) < 4.78 is 43.9. The number of alkyl halides is 2. The average Bonchev–Trinajstić information content (AvgIpc) is 2.23. The van der Waals surface area contributed by atoms with Gasteiger partial charge in [-0.05, 0) is 24.6 Å². The highest BCUT2D eigenvalue weighted by Gasteiger charge is 2.25. The monoisotopic (exact) mass is 232 g/mol. The quantitative estimate of drug-likeness (QED) is 0.747. The highest BCUT2D eigenvalue weighted by molar-refractivity contribution is 5.29. The van der Waals surface area contributed by atoms with Gasteiger partial charge in [0.15, 0.2) is 11.6 Å². The molecule has 0 saturated carbocycles. The Morgan fingerprint density at radius 3 is 2.62 bits per heavy atom. The van der Waals surface area contributed by atoms with Crippen molar-refractivity contribution in [3.63, 3.8) is 0 Å². The first kappa shape index (κ1) is 12.9. The zero-order chi connectivity index (χ0) is 12.2. The maximum atomic E-state index is 13.2. The second kappa shape index (κ2) is 5.23. The van der Waals surface area contributed by atoms with E-state index in [1.807, 2.05) is 0 Å². The Kier molecular flexibility index (Phi) is 4.21. The van der Waals surface area contributed by atoms with Gasteiger partial charge in [0.1, 0.15) is 0 Å². The second-order valence-electron chi connectivity index (χ2n) is 3.74. The van der Waals surface area contributed by atoms with Gasteiger partial charge in [-0.3, -0.25) is 0 Å². The van der Waals surface area contributed by atoms with Crippen LogP contribution in [0.1, 0.15) is 25.3 Å². The summed E-state index contributed by atoms with van der Waals surface area (Å²) in [6.07, 6.45) is -0.621. The summed E-state index contributed by atoms with van der Waals surface area (Å²) in [4.78, 5) is 0. The molecule has 0 spiro atoms. The summed E-state index contributed by atoms with van der Waals surface area (Å²) in [6.45, 7) is 3.02. The van der Waals surface area contributed by atoms with Crippen molar-refractivity contribution in [2.24, 2.45) is 0 Å². The van der Waals surface area contributed by atoms with Gasteiger partial charge in [0.2, 0.25) is 0 Å². The Morgan fingerprint density at radius 1 is 1.31 bits per heavy atom. The van der Waals surface area contributed by atoms with Gasteiger partial charge >= 0.3 is 0 Å². The van der Waals surface area contributed by atoms with Crippen molar-refractivity contribution >= 4 is 0 Å². The predicted molar refractivity (Wildman–Crippen MR) is 56.5 cm³/mol. The molecule has 16 heavy (non-hydrogen) atoms. The molecule has 1 rings (SSSR count). The molecule has 0 bridgehead atoms. The third-order valence-electron chi connectivity index (χ3n) is 2.33. The first-order chi connectivity index (χ1) is 7.44. The third kappa shape index (κ3) is 3.76. The van der Waals surface area contributed by atoms with Crippen LogP contribution in [-0.2, 0) is 0 Å². The van der Waals surface area contributed by atoms with Crippen LogP contribution in [0.3, 0.4) is 0 Å². The highest BCUT2D eigenvalue weighted by atomic mass is 19.3. The Labute approximate surface area is 93.2 Å². The molecule has 90 valence electrons. The van der Waals surface area contributed by atoms with Crippen LogP contribution in [0, 0.1) is 12.7 Å². The molecule has 0 N–H and O–H groups in total. The Hall–Kier alpha value is -1.19. The molecule has 0 fully saturated rings. The standard InChI is InChI=1S/C12H15F3O/c1-3-12(14,15)6-7-16-11-8-9(2)4-5-10(11)13/h4-5,8H,3,6-7H2,1-2H3. The average molecular weight is 232 g/mol. The smallest absolute Gasteiger partial charge is 0.251 e. The van der Waals surface area contributed by atoms with E-state index in [9.17, 15) is 13.2 Å². The van der Waals surface area contributed by atoms with Crippen molar-refractivity contribution in [1.29, 1.82) is 0 Å². The molecule has 0 saturated heterocycles. The number of rotatable bonds is 5. The van der Waals surface area contributed by atoms with Gasteiger partial charge in [-0.2, -0.15) is 0 Å². The number of aryl methyl sites for hydroxylation is 1. The van der Waals surface area contributed by atoms with E-state index < -0.39 is 18.2 Å². The first-order valence-electron chi connectivity index (χ1n) is 5.21. The van der Waals surface area contributed by atoms with Crippen molar-refractivity contribution < 1.29 is 17.9 Å². The van der Waals surface area contributed by atoms with Crippen molar-refractivity contribution in [2.45, 2.75) is 32.6 Å². The molecule has 1 aromatic carbocycles. The van der Waals surface area contributed by atoms with Crippen molar-refractivity contribution in [3.8, 4) is 5.75 Å². The molecule has 4 heteroatoms. The fourth-order valence-electron chi connectivity index (χ4n) is 1.21. The van der Waals surface area contributed by atoms with E-state index in [0.717, 1.165) is 5.56 Å². The van der Waals surface area contributed by atoms with Crippen LogP contribution in [0.15, 0.2) is 18.2 Å². The highest BCUT2D eigenvalue weighted by Crippen LogP contribution is 2.24. The van der Waals surface area contributed by atoms with Crippen LogP contribution < -0.4 is 4.74 Å². The summed E-state index contributed by atoms with van der Waals surface area (Å²) in [6, 6.07) is 4.37. The van der Waals surface area contributed by atoms with Gasteiger partial charge in [-0.1, -0.05) is 13.0 Å². The van der Waals surface area contributed by atoms with Crippen LogP contribution in [0.4, 0.5) is 13.2 Å². The van der Waals surface area contributed by atoms with Crippen LogP contribution in [0.5, 0.6) is 5.75 Å². The van der Waals surface area contributed by atoms with Crippen LogP contribution in [-0.4, -0.2) is 12.5 Å². The fourth-order valence-corrected chi connectivity index (χ4v) is 1.21. The van der Waals surface area contributed by atoms with Gasteiger partial charge in [-0.25, -0.2) is 13.2 Å². The minimum Gasteiger partial charge on any atom is -0.490 e. The van der Waals surface area contributed by atoms with E-state index in [-0.39, 0.29) is 18.8 Å². The Bertz CT molecular complexity index is 350. The lowest BCUT2D eigenvalue weighted by Gasteiger charge is -2.14. The molecule has 0 amide bonds. The Balaban J connectivity index is 2.52. The molecule has 0 aliphatic carbocycles. The fraction of sp³-hybridized carbons (Fsp3) is 0.500. The minimum absolute atomic E-state index is 0.0342. The van der Waals surface area contributed by atoms with E-state index in [4.69, 9.17) is 4.74 Å². The van der Waals surface area contributed by atoms with E-state index in [1.54, 1.807) is 13.0 Å². The van der Waals surface area contributed by atoms with E-state index >= 15 is 0 Å². The molecule has 1 nitrogen and oxygen atoms in total. The van der Waals surface area contributed by atoms with Gasteiger partial charge in [0.05, 0.1) is 6.61 Å². The van der Waals surface area contributed by atoms with Crippen LogP contribution >= 0.6 is 0 Å². The van der Waals surface area contributed by atoms with E-state index in [1.165, 1.54) is 19.1 Å². The second-order valence-corrected chi connectivity index (χ2v) is 3.74. The SMILES string of the molecule is CCC(F)(F)CCOc1cc(C)ccc1F. The van der Waals surface area contributed by atoms with Gasteiger partial charge in [-0.15, -0.1) is 0 Å². The van der Waals surface area contributed by atoms with Gasteiger partial charge in [0.25, 0.3) is 5.92 Å². The lowest BCUT2D eigenvalue weighted by Crippen LogP contribution is -2.18. The first-order valence-corrected chi connectivity index (χ1v) is 5.21. The molecule has 0 aromatic heterocycles. The largest absolute Gasteiger partial charge is 0.490 e. The number of benzene rings is 1. The van der Waals surface area contributed by atoms with Crippen molar-refractivity contribution in [2.75, 3.05) is 6.61 Å². The molecule has 0 aliphatic heterocycles. The van der Waals surface area contributed by atoms with Crippen LogP contribution in [0.2, 0.25) is 0 Å². The minimum atomic E-state index is -2.74.